The molecule has 2 aromatic rings. The van der Waals surface area contributed by atoms with Crippen molar-refractivity contribution in [3.63, 3.8) is 0 Å². The molecular formula is C27H38FNO2Si. The molecule has 0 N–H and O–H groups in total. The summed E-state index contributed by atoms with van der Waals surface area (Å²) < 4.78 is 20.0. The standard InChI is InChI=1S/C27H38FNO2Si/c1-21(23-10-8-7-9-11-23)29-18-16-27(25(29)30,20-22-12-14-24(28)15-13-22)17-19-31-32(5,6)26(2,3)4/h7-15,21H,16-20H2,1-6H3. The van der Waals surface area contributed by atoms with Crippen molar-refractivity contribution in [1.29, 1.82) is 0 Å². The highest BCUT2D eigenvalue weighted by atomic mass is 28.4. The minimum atomic E-state index is -1.90. The van der Waals surface area contributed by atoms with Crippen LogP contribution in [0.2, 0.25) is 18.1 Å². The molecule has 1 amide bonds. The molecule has 3 nitrogen and oxygen atoms in total. The van der Waals surface area contributed by atoms with Crippen molar-refractivity contribution in [3.05, 3.63) is 71.5 Å². The summed E-state index contributed by atoms with van der Waals surface area (Å²) in [5.41, 5.74) is 1.64. The van der Waals surface area contributed by atoms with Crippen LogP contribution in [0, 0.1) is 11.2 Å². The SMILES string of the molecule is CC(c1ccccc1)N1CCC(CCO[Si](C)(C)C(C)(C)C)(Cc2ccc(F)cc2)C1=O. The summed E-state index contributed by atoms with van der Waals surface area (Å²) >= 11 is 0. The van der Waals surface area contributed by atoms with Crippen LogP contribution in [0.5, 0.6) is 0 Å². The number of nitrogens with zero attached hydrogens (tertiary/aromatic N) is 1. The Kier molecular flexibility index (Phi) is 7.30. The third kappa shape index (κ3) is 5.32. The Morgan fingerprint density at radius 2 is 1.72 bits per heavy atom. The molecule has 0 spiro atoms. The molecule has 1 heterocycles. The predicted octanol–water partition coefficient (Wildman–Crippen LogP) is 6.76. The Labute approximate surface area is 194 Å². The summed E-state index contributed by atoms with van der Waals surface area (Å²) in [6.45, 7) is 14.6. The van der Waals surface area contributed by atoms with E-state index in [0.29, 0.717) is 19.4 Å². The number of amides is 1. The van der Waals surface area contributed by atoms with E-state index in [1.54, 1.807) is 0 Å². The van der Waals surface area contributed by atoms with Gasteiger partial charge in [-0.3, -0.25) is 4.79 Å². The van der Waals surface area contributed by atoms with Crippen LogP contribution in [-0.2, 0) is 15.6 Å². The van der Waals surface area contributed by atoms with Gasteiger partial charge in [0.1, 0.15) is 5.82 Å². The van der Waals surface area contributed by atoms with Gasteiger partial charge in [0.25, 0.3) is 0 Å². The number of halogens is 1. The maximum Gasteiger partial charge on any atom is 0.229 e. The first kappa shape index (κ1) is 24.7. The molecule has 1 saturated heterocycles. The van der Waals surface area contributed by atoms with Gasteiger partial charge in [0.2, 0.25) is 5.91 Å². The predicted molar refractivity (Wildman–Crippen MR) is 131 cm³/mol. The second-order valence-corrected chi connectivity index (χ2v) is 15.6. The average Bonchev–Trinajstić information content (AvgIpc) is 3.05. The largest absolute Gasteiger partial charge is 0.417 e. The fraction of sp³-hybridized carbons (Fsp3) is 0.519. The minimum Gasteiger partial charge on any atom is -0.417 e. The second kappa shape index (κ2) is 9.48. The van der Waals surface area contributed by atoms with Gasteiger partial charge >= 0.3 is 0 Å². The molecule has 5 heteroatoms. The molecule has 0 aromatic heterocycles. The summed E-state index contributed by atoms with van der Waals surface area (Å²) in [6, 6.07) is 16.8. The molecule has 32 heavy (non-hydrogen) atoms. The Morgan fingerprint density at radius 1 is 1.09 bits per heavy atom. The van der Waals surface area contributed by atoms with Crippen LogP contribution in [-0.4, -0.2) is 32.3 Å². The lowest BCUT2D eigenvalue weighted by Crippen LogP contribution is -2.43. The zero-order valence-electron chi connectivity index (χ0n) is 20.5. The number of benzene rings is 2. The van der Waals surface area contributed by atoms with Crippen molar-refractivity contribution in [2.24, 2.45) is 5.41 Å². The zero-order valence-corrected chi connectivity index (χ0v) is 21.5. The molecule has 0 bridgehead atoms. The molecule has 2 aromatic carbocycles. The van der Waals surface area contributed by atoms with Gasteiger partial charge in [-0.05, 0) is 67.6 Å². The van der Waals surface area contributed by atoms with Crippen molar-refractivity contribution in [3.8, 4) is 0 Å². The fourth-order valence-electron chi connectivity index (χ4n) is 4.32. The molecule has 1 fully saturated rings. The fourth-order valence-corrected chi connectivity index (χ4v) is 5.37. The quantitative estimate of drug-likeness (QED) is 0.412. The van der Waals surface area contributed by atoms with Crippen LogP contribution in [0.3, 0.4) is 0 Å². The van der Waals surface area contributed by atoms with E-state index >= 15 is 0 Å². The second-order valence-electron chi connectivity index (χ2n) is 10.8. The number of carbonyl (C=O) groups excluding carboxylic acids is 1. The lowest BCUT2D eigenvalue weighted by molar-refractivity contribution is -0.138. The third-order valence-corrected chi connectivity index (χ3v) is 12.1. The molecule has 0 aliphatic carbocycles. The van der Waals surface area contributed by atoms with Crippen molar-refractivity contribution in [2.75, 3.05) is 13.2 Å². The number of hydrogen-bond donors (Lipinski definition) is 0. The topological polar surface area (TPSA) is 29.5 Å². The van der Waals surface area contributed by atoms with E-state index in [-0.39, 0.29) is 22.8 Å². The third-order valence-electron chi connectivity index (χ3n) is 7.60. The zero-order chi connectivity index (χ0) is 23.6. The number of carbonyl (C=O) groups is 1. The first-order valence-electron chi connectivity index (χ1n) is 11.7. The highest BCUT2D eigenvalue weighted by molar-refractivity contribution is 6.74. The normalized spacial score (nSPS) is 20.6. The molecule has 174 valence electrons. The van der Waals surface area contributed by atoms with Gasteiger partial charge in [-0.1, -0.05) is 63.2 Å². The van der Waals surface area contributed by atoms with Crippen molar-refractivity contribution in [1.82, 2.24) is 4.90 Å². The van der Waals surface area contributed by atoms with Gasteiger partial charge in [0.15, 0.2) is 8.32 Å². The Morgan fingerprint density at radius 3 is 2.31 bits per heavy atom. The van der Waals surface area contributed by atoms with Gasteiger partial charge < -0.3 is 9.33 Å². The van der Waals surface area contributed by atoms with Gasteiger partial charge in [-0.2, -0.15) is 0 Å². The van der Waals surface area contributed by atoms with E-state index < -0.39 is 13.7 Å². The summed E-state index contributed by atoms with van der Waals surface area (Å²) in [7, 11) is -1.90. The minimum absolute atomic E-state index is 0.0279. The lowest BCUT2D eigenvalue weighted by Gasteiger charge is -2.37. The van der Waals surface area contributed by atoms with Gasteiger partial charge in [0.05, 0.1) is 11.5 Å². The van der Waals surface area contributed by atoms with Crippen LogP contribution in [0.4, 0.5) is 4.39 Å². The molecule has 1 aliphatic rings. The Balaban J connectivity index is 1.82. The van der Waals surface area contributed by atoms with Crippen LogP contribution in [0.25, 0.3) is 0 Å². The Bertz CT molecular complexity index is 908. The molecule has 0 saturated carbocycles. The van der Waals surface area contributed by atoms with E-state index in [2.05, 4.69) is 52.9 Å². The molecule has 1 aliphatic heterocycles. The number of likely N-dealkylation sites (tertiary alicyclic amines) is 1. The van der Waals surface area contributed by atoms with E-state index in [4.69, 9.17) is 4.43 Å². The van der Waals surface area contributed by atoms with Crippen LogP contribution >= 0.6 is 0 Å². The van der Waals surface area contributed by atoms with Gasteiger partial charge in [0, 0.05) is 13.2 Å². The van der Waals surface area contributed by atoms with Gasteiger partial charge in [-0.15, -0.1) is 0 Å². The smallest absolute Gasteiger partial charge is 0.229 e. The highest BCUT2D eigenvalue weighted by Gasteiger charge is 2.48. The summed E-state index contributed by atoms with van der Waals surface area (Å²) in [6.07, 6.45) is 2.10. The molecule has 2 unspecified atom stereocenters. The Hall–Kier alpha value is -1.98. The maximum atomic E-state index is 13.9. The number of rotatable bonds is 8. The lowest BCUT2D eigenvalue weighted by atomic mass is 9.77. The van der Waals surface area contributed by atoms with Crippen LogP contribution in [0.15, 0.2) is 54.6 Å². The van der Waals surface area contributed by atoms with E-state index in [9.17, 15) is 9.18 Å². The van der Waals surface area contributed by atoms with Crippen molar-refractivity contribution >= 4 is 14.2 Å². The van der Waals surface area contributed by atoms with Crippen LogP contribution in [0.1, 0.15) is 57.7 Å². The summed E-state index contributed by atoms with van der Waals surface area (Å²) in [4.78, 5) is 15.9. The highest BCUT2D eigenvalue weighted by Crippen LogP contribution is 2.43. The molecule has 3 rings (SSSR count). The summed E-state index contributed by atoms with van der Waals surface area (Å²) in [5.74, 6) is -0.0573. The molecule has 0 radical (unpaired) electrons. The van der Waals surface area contributed by atoms with E-state index in [1.807, 2.05) is 35.2 Å². The van der Waals surface area contributed by atoms with E-state index in [0.717, 1.165) is 24.1 Å². The van der Waals surface area contributed by atoms with Crippen LogP contribution < -0.4 is 0 Å². The number of hydrogen-bond acceptors (Lipinski definition) is 2. The average molecular weight is 456 g/mol. The monoisotopic (exact) mass is 455 g/mol. The van der Waals surface area contributed by atoms with Crippen molar-refractivity contribution in [2.45, 2.75) is 71.1 Å². The molecule has 2 atom stereocenters. The summed E-state index contributed by atoms with van der Waals surface area (Å²) in [5, 5.41) is 0.130. The first-order valence-corrected chi connectivity index (χ1v) is 14.6. The molecular weight excluding hydrogens is 417 g/mol. The van der Waals surface area contributed by atoms with E-state index in [1.165, 1.54) is 12.1 Å². The van der Waals surface area contributed by atoms with Crippen molar-refractivity contribution < 1.29 is 13.6 Å². The maximum absolute atomic E-state index is 13.9. The first-order chi connectivity index (χ1) is 15.0. The van der Waals surface area contributed by atoms with Gasteiger partial charge in [-0.25, -0.2) is 4.39 Å².